The van der Waals surface area contributed by atoms with Crippen molar-refractivity contribution in [2.24, 2.45) is 11.8 Å². The smallest absolute Gasteiger partial charge is 0.257 e. The number of aromatic nitrogens is 1. The van der Waals surface area contributed by atoms with Crippen molar-refractivity contribution in [1.82, 2.24) is 15.4 Å². The maximum atomic E-state index is 13.0. The molecule has 132 valence electrons. The van der Waals surface area contributed by atoms with E-state index in [1.54, 1.807) is 0 Å². The molecule has 4 rings (SSSR count). The number of carbonyl (C=O) groups is 1. The quantitative estimate of drug-likeness (QED) is 0.923. The Morgan fingerprint density at radius 1 is 1.28 bits per heavy atom. The number of benzene rings is 1. The Morgan fingerprint density at radius 3 is 2.68 bits per heavy atom. The average molecular weight is 341 g/mol. The Balaban J connectivity index is 1.50. The second kappa shape index (κ2) is 6.52. The first-order chi connectivity index (χ1) is 12.1. The van der Waals surface area contributed by atoms with Gasteiger partial charge in [0.1, 0.15) is 18.1 Å². The first-order valence-electron chi connectivity index (χ1n) is 8.77. The van der Waals surface area contributed by atoms with Gasteiger partial charge in [-0.1, -0.05) is 17.3 Å². The fraction of sp³-hybridized carbons (Fsp3) is 0.474. The van der Waals surface area contributed by atoms with Crippen LogP contribution in [0.25, 0.3) is 0 Å². The van der Waals surface area contributed by atoms with E-state index in [9.17, 15) is 4.79 Å². The highest BCUT2D eigenvalue weighted by Gasteiger charge is 2.38. The molecule has 0 unspecified atom stereocenters. The number of aryl methyl sites for hydroxylation is 2. The normalized spacial score (nSPS) is 22.2. The van der Waals surface area contributed by atoms with Gasteiger partial charge in [0.15, 0.2) is 0 Å². The fourth-order valence-corrected chi connectivity index (χ4v) is 3.82. The number of nitrogens with one attached hydrogen (secondary N) is 1. The first kappa shape index (κ1) is 16.1. The monoisotopic (exact) mass is 341 g/mol. The molecule has 0 spiro atoms. The molecule has 0 aliphatic carbocycles. The van der Waals surface area contributed by atoms with Crippen molar-refractivity contribution in [3.8, 4) is 5.75 Å². The summed E-state index contributed by atoms with van der Waals surface area (Å²) in [7, 11) is 0. The van der Waals surface area contributed by atoms with Crippen molar-refractivity contribution in [3.63, 3.8) is 0 Å². The molecule has 0 saturated carbocycles. The molecule has 1 N–H and O–H groups in total. The van der Waals surface area contributed by atoms with Gasteiger partial charge in [0.2, 0.25) is 0 Å². The van der Waals surface area contributed by atoms with Gasteiger partial charge in [-0.25, -0.2) is 0 Å². The van der Waals surface area contributed by atoms with E-state index in [1.165, 1.54) is 0 Å². The lowest BCUT2D eigenvalue weighted by molar-refractivity contribution is 0.0777. The SMILES string of the molecule is Cc1noc(C)c1COc1ccccc1C(=O)N1C[C@H]2CNC[C@H]2C1. The van der Waals surface area contributed by atoms with E-state index >= 15 is 0 Å². The number of hydrogen-bond donors (Lipinski definition) is 1. The summed E-state index contributed by atoms with van der Waals surface area (Å²) < 4.78 is 11.1. The zero-order valence-electron chi connectivity index (χ0n) is 14.6. The second-order valence-electron chi connectivity index (χ2n) is 6.98. The molecule has 1 amide bonds. The molecule has 1 aromatic carbocycles. The lowest BCUT2D eigenvalue weighted by Gasteiger charge is -2.19. The number of fused-ring (bicyclic) bond motifs is 1. The molecule has 1 aromatic heterocycles. The van der Waals surface area contributed by atoms with E-state index in [0.29, 0.717) is 29.8 Å². The molecule has 25 heavy (non-hydrogen) atoms. The number of nitrogens with zero attached hydrogens (tertiary/aromatic N) is 2. The van der Waals surface area contributed by atoms with E-state index in [1.807, 2.05) is 43.0 Å². The molecular formula is C19H23N3O3. The maximum absolute atomic E-state index is 13.0. The minimum atomic E-state index is 0.0590. The van der Waals surface area contributed by atoms with Crippen molar-refractivity contribution >= 4 is 5.91 Å². The third-order valence-electron chi connectivity index (χ3n) is 5.35. The van der Waals surface area contributed by atoms with Gasteiger partial charge in [-0.15, -0.1) is 0 Å². The molecule has 3 heterocycles. The van der Waals surface area contributed by atoms with Crippen LogP contribution in [0.2, 0.25) is 0 Å². The molecule has 0 bridgehead atoms. The van der Waals surface area contributed by atoms with Crippen LogP contribution in [0.3, 0.4) is 0 Å². The Labute approximate surface area is 147 Å². The van der Waals surface area contributed by atoms with Gasteiger partial charge < -0.3 is 19.5 Å². The number of likely N-dealkylation sites (tertiary alicyclic amines) is 1. The van der Waals surface area contributed by atoms with Crippen molar-refractivity contribution in [1.29, 1.82) is 0 Å². The van der Waals surface area contributed by atoms with Crippen LogP contribution in [0.5, 0.6) is 5.75 Å². The fourth-order valence-electron chi connectivity index (χ4n) is 3.82. The first-order valence-corrected chi connectivity index (χ1v) is 8.77. The lowest BCUT2D eigenvalue weighted by atomic mass is 10.0. The molecular weight excluding hydrogens is 318 g/mol. The van der Waals surface area contributed by atoms with Crippen molar-refractivity contribution < 1.29 is 14.1 Å². The third kappa shape index (κ3) is 3.02. The third-order valence-corrected chi connectivity index (χ3v) is 5.35. The summed E-state index contributed by atoms with van der Waals surface area (Å²) >= 11 is 0. The van der Waals surface area contributed by atoms with E-state index in [2.05, 4.69) is 10.5 Å². The Morgan fingerprint density at radius 2 is 2.00 bits per heavy atom. The van der Waals surface area contributed by atoms with E-state index in [4.69, 9.17) is 9.26 Å². The number of amides is 1. The average Bonchev–Trinajstić information content (AvgIpc) is 3.29. The van der Waals surface area contributed by atoms with E-state index < -0.39 is 0 Å². The summed E-state index contributed by atoms with van der Waals surface area (Å²) in [5.41, 5.74) is 2.38. The van der Waals surface area contributed by atoms with Gasteiger partial charge in [0.25, 0.3) is 5.91 Å². The Hall–Kier alpha value is -2.34. The van der Waals surface area contributed by atoms with Crippen molar-refractivity contribution in [2.75, 3.05) is 26.2 Å². The molecule has 6 heteroatoms. The van der Waals surface area contributed by atoms with Gasteiger partial charge in [-0.05, 0) is 37.8 Å². The number of ether oxygens (including phenoxy) is 1. The van der Waals surface area contributed by atoms with Crippen LogP contribution in [-0.4, -0.2) is 42.1 Å². The number of para-hydroxylation sites is 1. The van der Waals surface area contributed by atoms with Crippen LogP contribution in [-0.2, 0) is 6.61 Å². The largest absolute Gasteiger partial charge is 0.488 e. The van der Waals surface area contributed by atoms with Gasteiger partial charge in [-0.3, -0.25) is 4.79 Å². The Kier molecular flexibility index (Phi) is 4.21. The summed E-state index contributed by atoms with van der Waals surface area (Å²) in [5, 5.41) is 7.35. The number of carbonyl (C=O) groups excluding carboxylic acids is 1. The summed E-state index contributed by atoms with van der Waals surface area (Å²) in [4.78, 5) is 15.0. The summed E-state index contributed by atoms with van der Waals surface area (Å²) in [6.45, 7) is 7.79. The van der Waals surface area contributed by atoms with Crippen LogP contribution in [0.15, 0.2) is 28.8 Å². The van der Waals surface area contributed by atoms with Crippen LogP contribution in [0.1, 0.15) is 27.4 Å². The minimum absolute atomic E-state index is 0.0590. The summed E-state index contributed by atoms with van der Waals surface area (Å²) in [6, 6.07) is 7.47. The van der Waals surface area contributed by atoms with E-state index in [0.717, 1.165) is 43.2 Å². The van der Waals surface area contributed by atoms with Crippen LogP contribution in [0, 0.1) is 25.7 Å². The number of rotatable bonds is 4. The highest BCUT2D eigenvalue weighted by molar-refractivity contribution is 5.97. The highest BCUT2D eigenvalue weighted by atomic mass is 16.5. The molecule has 0 radical (unpaired) electrons. The molecule has 2 aromatic rings. The van der Waals surface area contributed by atoms with Crippen LogP contribution in [0.4, 0.5) is 0 Å². The lowest BCUT2D eigenvalue weighted by Crippen LogP contribution is -2.32. The molecule has 2 atom stereocenters. The molecule has 2 saturated heterocycles. The van der Waals surface area contributed by atoms with Gasteiger partial charge >= 0.3 is 0 Å². The van der Waals surface area contributed by atoms with Crippen LogP contribution < -0.4 is 10.1 Å². The van der Waals surface area contributed by atoms with Crippen molar-refractivity contribution in [2.45, 2.75) is 20.5 Å². The van der Waals surface area contributed by atoms with Gasteiger partial charge in [0.05, 0.1) is 16.8 Å². The van der Waals surface area contributed by atoms with Gasteiger partial charge in [0, 0.05) is 26.2 Å². The number of hydrogen-bond acceptors (Lipinski definition) is 5. The Bertz CT molecular complexity index is 754. The predicted octanol–water partition coefficient (Wildman–Crippen LogP) is 2.16. The molecule has 6 nitrogen and oxygen atoms in total. The van der Waals surface area contributed by atoms with Crippen LogP contribution >= 0.6 is 0 Å². The standard InChI is InChI=1S/C19H23N3O3/c1-12-17(13(2)25-21-12)11-24-18-6-4-3-5-16(18)19(23)22-9-14-7-20-8-15(14)10-22/h3-6,14-15,20H,7-11H2,1-2H3/t14-,15+. The predicted molar refractivity (Wildman–Crippen MR) is 92.5 cm³/mol. The van der Waals surface area contributed by atoms with E-state index in [-0.39, 0.29) is 5.91 Å². The van der Waals surface area contributed by atoms with Gasteiger partial charge in [-0.2, -0.15) is 0 Å². The summed E-state index contributed by atoms with van der Waals surface area (Å²) in [5.74, 6) is 2.59. The highest BCUT2D eigenvalue weighted by Crippen LogP contribution is 2.30. The zero-order chi connectivity index (χ0) is 17.4. The minimum Gasteiger partial charge on any atom is -0.488 e. The summed E-state index contributed by atoms with van der Waals surface area (Å²) in [6.07, 6.45) is 0. The maximum Gasteiger partial charge on any atom is 0.257 e. The van der Waals surface area contributed by atoms with Crippen molar-refractivity contribution in [3.05, 3.63) is 46.8 Å². The second-order valence-corrected chi connectivity index (χ2v) is 6.98. The molecule has 2 aliphatic rings. The zero-order valence-corrected chi connectivity index (χ0v) is 14.6. The molecule has 2 aliphatic heterocycles. The molecule has 2 fully saturated rings. The topological polar surface area (TPSA) is 67.6 Å².